The highest BCUT2D eigenvalue weighted by Crippen LogP contribution is 1.90. The molecule has 0 aromatic heterocycles. The Kier molecular flexibility index (Phi) is 5.53. The SMILES string of the molecule is CC(=O)NNC(=O)N(CCCl)N=O. The number of nitrogens with one attached hydrogen (secondary N) is 2. The van der Waals surface area contributed by atoms with Crippen LogP contribution < -0.4 is 10.9 Å². The second kappa shape index (κ2) is 6.18. The minimum atomic E-state index is -0.828. The summed E-state index contributed by atoms with van der Waals surface area (Å²) in [5.41, 5.74) is 3.95. The third-order valence-electron chi connectivity index (χ3n) is 0.975. The van der Waals surface area contributed by atoms with Gasteiger partial charge in [0.2, 0.25) is 5.91 Å². The number of carbonyl (C=O) groups is 2. The average Bonchev–Trinajstić information content (AvgIpc) is 2.10. The van der Waals surface area contributed by atoms with Gasteiger partial charge in [-0.25, -0.2) is 10.2 Å². The van der Waals surface area contributed by atoms with Crippen molar-refractivity contribution in [2.75, 3.05) is 12.4 Å². The second-order valence-corrected chi connectivity index (χ2v) is 2.38. The fourth-order valence-corrected chi connectivity index (χ4v) is 0.626. The number of nitrogens with zero attached hydrogens (tertiary/aromatic N) is 2. The Balaban J connectivity index is 3.91. The zero-order valence-corrected chi connectivity index (χ0v) is 7.67. The van der Waals surface area contributed by atoms with E-state index in [1.807, 2.05) is 10.9 Å². The van der Waals surface area contributed by atoms with Crippen LogP contribution in [0.2, 0.25) is 0 Å². The third-order valence-corrected chi connectivity index (χ3v) is 1.14. The predicted octanol–water partition coefficient (Wildman–Crippen LogP) is -0.0307. The van der Waals surface area contributed by atoms with Crippen molar-refractivity contribution in [3.05, 3.63) is 4.91 Å². The Labute approximate surface area is 79.3 Å². The van der Waals surface area contributed by atoms with Gasteiger partial charge in [-0.05, 0) is 0 Å². The molecule has 0 aromatic carbocycles. The lowest BCUT2D eigenvalue weighted by Crippen LogP contribution is -2.46. The predicted molar refractivity (Wildman–Crippen MR) is 45.6 cm³/mol. The average molecular weight is 209 g/mol. The minimum absolute atomic E-state index is 0.0174. The molecule has 2 N–H and O–H groups in total. The quantitative estimate of drug-likeness (QED) is 0.388. The number of hydrogen-bond acceptors (Lipinski definition) is 4. The maximum absolute atomic E-state index is 10.9. The van der Waals surface area contributed by atoms with E-state index in [1.165, 1.54) is 6.92 Å². The van der Waals surface area contributed by atoms with Crippen molar-refractivity contribution in [1.82, 2.24) is 15.9 Å². The van der Waals surface area contributed by atoms with E-state index in [-0.39, 0.29) is 12.4 Å². The number of rotatable bonds is 3. The van der Waals surface area contributed by atoms with Crippen molar-refractivity contribution >= 4 is 23.5 Å². The highest BCUT2D eigenvalue weighted by atomic mass is 35.5. The van der Waals surface area contributed by atoms with Crippen molar-refractivity contribution in [1.29, 1.82) is 0 Å². The molecule has 0 heterocycles. The highest BCUT2D eigenvalue weighted by Gasteiger charge is 2.12. The molecule has 0 unspecified atom stereocenters. The number of urea groups is 1. The number of carbonyl (C=O) groups excluding carboxylic acids is 2. The molecule has 0 rings (SSSR count). The molecule has 0 aromatic rings. The van der Waals surface area contributed by atoms with Crippen LogP contribution in [0.1, 0.15) is 6.92 Å². The molecule has 3 amide bonds. The van der Waals surface area contributed by atoms with Crippen molar-refractivity contribution in [3.63, 3.8) is 0 Å². The Hall–Kier alpha value is -1.37. The summed E-state index contributed by atoms with van der Waals surface area (Å²) in [4.78, 5) is 31.3. The lowest BCUT2D eigenvalue weighted by molar-refractivity contribution is -0.119. The van der Waals surface area contributed by atoms with E-state index in [2.05, 4.69) is 5.29 Å². The van der Waals surface area contributed by atoms with Crippen LogP contribution in [0.4, 0.5) is 4.79 Å². The first-order valence-electron chi connectivity index (χ1n) is 3.35. The molecule has 13 heavy (non-hydrogen) atoms. The van der Waals surface area contributed by atoms with Crippen LogP contribution in [-0.4, -0.2) is 29.4 Å². The van der Waals surface area contributed by atoms with E-state index in [0.717, 1.165) is 0 Å². The molecule has 0 atom stereocenters. The van der Waals surface area contributed by atoms with Gasteiger partial charge in [0.25, 0.3) is 0 Å². The Morgan fingerprint density at radius 3 is 2.46 bits per heavy atom. The number of hydrogen-bond donors (Lipinski definition) is 2. The van der Waals surface area contributed by atoms with Crippen LogP contribution in [0.25, 0.3) is 0 Å². The van der Waals surface area contributed by atoms with Crippen molar-refractivity contribution in [2.24, 2.45) is 5.29 Å². The van der Waals surface area contributed by atoms with Gasteiger partial charge in [0, 0.05) is 12.8 Å². The summed E-state index contributed by atoms with van der Waals surface area (Å²) in [5.74, 6) is -0.371. The van der Waals surface area contributed by atoms with Gasteiger partial charge in [-0.1, -0.05) is 0 Å². The van der Waals surface area contributed by atoms with E-state index in [0.29, 0.717) is 5.01 Å². The van der Waals surface area contributed by atoms with Crippen LogP contribution in [0.5, 0.6) is 0 Å². The van der Waals surface area contributed by atoms with Gasteiger partial charge in [-0.2, -0.15) is 5.01 Å². The van der Waals surface area contributed by atoms with Gasteiger partial charge < -0.3 is 0 Å². The van der Waals surface area contributed by atoms with Crippen molar-refractivity contribution in [3.8, 4) is 0 Å². The van der Waals surface area contributed by atoms with Gasteiger partial charge >= 0.3 is 6.03 Å². The monoisotopic (exact) mass is 208 g/mol. The van der Waals surface area contributed by atoms with Gasteiger partial charge in [0.05, 0.1) is 11.8 Å². The summed E-state index contributed by atoms with van der Waals surface area (Å²) in [5, 5.41) is 2.95. The van der Waals surface area contributed by atoms with E-state index >= 15 is 0 Å². The summed E-state index contributed by atoms with van der Waals surface area (Å²) in [6.45, 7) is 1.19. The number of halogens is 1. The Bertz CT molecular complexity index is 210. The van der Waals surface area contributed by atoms with Crippen molar-refractivity contribution in [2.45, 2.75) is 6.92 Å². The van der Waals surface area contributed by atoms with E-state index < -0.39 is 11.9 Å². The molecule has 0 saturated heterocycles. The molecule has 74 valence electrons. The maximum atomic E-state index is 10.9. The molecular formula is C5H9ClN4O3. The Morgan fingerprint density at radius 1 is 1.46 bits per heavy atom. The fraction of sp³-hybridized carbons (Fsp3) is 0.600. The molecule has 0 aliphatic carbocycles. The fourth-order valence-electron chi connectivity index (χ4n) is 0.466. The van der Waals surface area contributed by atoms with E-state index in [1.54, 1.807) is 0 Å². The van der Waals surface area contributed by atoms with Gasteiger partial charge in [-0.15, -0.1) is 16.5 Å². The number of nitroso groups, excluding NO2 is 1. The number of amides is 3. The summed E-state index contributed by atoms with van der Waals surface area (Å²) in [6, 6.07) is -0.828. The molecule has 0 saturated carbocycles. The van der Waals surface area contributed by atoms with E-state index in [4.69, 9.17) is 11.6 Å². The summed E-state index contributed by atoms with van der Waals surface area (Å²) in [7, 11) is 0. The third kappa shape index (κ3) is 4.96. The van der Waals surface area contributed by atoms with Crippen LogP contribution in [0.15, 0.2) is 5.29 Å². The summed E-state index contributed by atoms with van der Waals surface area (Å²) in [6.07, 6.45) is 0. The zero-order chi connectivity index (χ0) is 10.3. The largest absolute Gasteiger partial charge is 0.359 e. The van der Waals surface area contributed by atoms with Crippen LogP contribution in [-0.2, 0) is 4.79 Å². The van der Waals surface area contributed by atoms with Crippen LogP contribution in [0, 0.1) is 4.91 Å². The number of hydrazine groups is 1. The molecule has 0 bridgehead atoms. The summed E-state index contributed by atoms with van der Waals surface area (Å²) >= 11 is 5.27. The Morgan fingerprint density at radius 2 is 2.08 bits per heavy atom. The first-order valence-corrected chi connectivity index (χ1v) is 3.88. The molecule has 0 aliphatic rings. The molecule has 7 nitrogen and oxygen atoms in total. The first-order chi connectivity index (χ1) is 6.11. The molecule has 0 radical (unpaired) electrons. The molecular weight excluding hydrogens is 200 g/mol. The first kappa shape index (κ1) is 11.6. The molecule has 0 spiro atoms. The topological polar surface area (TPSA) is 90.9 Å². The summed E-state index contributed by atoms with van der Waals surface area (Å²) < 4.78 is 0. The van der Waals surface area contributed by atoms with Crippen LogP contribution >= 0.6 is 11.6 Å². The zero-order valence-electron chi connectivity index (χ0n) is 6.91. The molecule has 0 fully saturated rings. The van der Waals surface area contributed by atoms with Crippen molar-refractivity contribution < 1.29 is 9.59 Å². The molecule has 8 heteroatoms. The van der Waals surface area contributed by atoms with Gasteiger partial charge in [-0.3, -0.25) is 10.2 Å². The number of alkyl halides is 1. The smallest absolute Gasteiger partial charge is 0.274 e. The van der Waals surface area contributed by atoms with Crippen LogP contribution in [0.3, 0.4) is 0 Å². The lowest BCUT2D eigenvalue weighted by atomic mass is 10.7. The minimum Gasteiger partial charge on any atom is -0.274 e. The lowest BCUT2D eigenvalue weighted by Gasteiger charge is -2.12. The van der Waals surface area contributed by atoms with Gasteiger partial charge in [0.15, 0.2) is 0 Å². The second-order valence-electron chi connectivity index (χ2n) is 2.01. The highest BCUT2D eigenvalue weighted by molar-refractivity contribution is 6.18. The van der Waals surface area contributed by atoms with Gasteiger partial charge in [0.1, 0.15) is 0 Å². The molecule has 0 aliphatic heterocycles. The maximum Gasteiger partial charge on any atom is 0.359 e. The normalized spacial score (nSPS) is 8.77. The standard InChI is InChI=1S/C5H9ClN4O3/c1-4(11)7-8-5(12)10(9-13)3-2-6/h2-3H2,1H3,(H,7,11)(H,8,12). The van der Waals surface area contributed by atoms with E-state index in [9.17, 15) is 14.5 Å².